The second kappa shape index (κ2) is 9.75. The number of guanidine groups is 1. The second-order valence-electron chi connectivity index (χ2n) is 5.95. The molecule has 0 aliphatic rings. The summed E-state index contributed by atoms with van der Waals surface area (Å²) in [7, 11) is 4.98. The molecule has 0 radical (unpaired) electrons. The number of aromatic nitrogens is 1. The molecule has 0 atom stereocenters. The molecule has 146 valence electrons. The maximum absolute atomic E-state index is 5.34. The van der Waals surface area contributed by atoms with Gasteiger partial charge in [0.05, 0.1) is 19.9 Å². The van der Waals surface area contributed by atoms with Crippen LogP contribution in [0.2, 0.25) is 0 Å². The van der Waals surface area contributed by atoms with Crippen molar-refractivity contribution >= 4 is 23.0 Å². The molecule has 0 aliphatic carbocycles. The van der Waals surface area contributed by atoms with Crippen molar-refractivity contribution < 1.29 is 9.47 Å². The minimum Gasteiger partial charge on any atom is -0.493 e. The van der Waals surface area contributed by atoms with E-state index in [1.807, 2.05) is 36.4 Å². The number of hydrogen-bond donors (Lipinski definition) is 2. The van der Waals surface area contributed by atoms with Gasteiger partial charge in [-0.25, -0.2) is 4.98 Å². The summed E-state index contributed by atoms with van der Waals surface area (Å²) >= 11 is 1.67. The van der Waals surface area contributed by atoms with E-state index in [0.717, 1.165) is 34.9 Å². The van der Waals surface area contributed by atoms with Crippen molar-refractivity contribution in [2.75, 3.05) is 33.1 Å². The van der Waals surface area contributed by atoms with Gasteiger partial charge in [0.2, 0.25) is 0 Å². The van der Waals surface area contributed by atoms with Crippen molar-refractivity contribution in [3.8, 4) is 22.1 Å². The molecule has 1 aromatic heterocycles. The Hall–Kier alpha value is -3.06. The topological polar surface area (TPSA) is 67.8 Å². The zero-order valence-corrected chi connectivity index (χ0v) is 17.0. The van der Waals surface area contributed by atoms with Gasteiger partial charge in [0, 0.05) is 42.7 Å². The van der Waals surface area contributed by atoms with Crippen LogP contribution in [0.25, 0.3) is 10.6 Å². The number of nitrogens with one attached hydrogen (secondary N) is 2. The van der Waals surface area contributed by atoms with Crippen molar-refractivity contribution in [2.45, 2.75) is 6.42 Å². The molecule has 3 aromatic rings. The van der Waals surface area contributed by atoms with Gasteiger partial charge in [-0.3, -0.25) is 4.99 Å². The molecule has 1 heterocycles. The Labute approximate surface area is 169 Å². The molecule has 0 spiro atoms. The summed E-state index contributed by atoms with van der Waals surface area (Å²) in [5.41, 5.74) is 3.08. The molecule has 2 aromatic carbocycles. The van der Waals surface area contributed by atoms with E-state index in [0.29, 0.717) is 17.5 Å². The largest absolute Gasteiger partial charge is 0.493 e. The number of nitrogens with zero attached hydrogens (tertiary/aromatic N) is 2. The van der Waals surface area contributed by atoms with Crippen LogP contribution in [0.15, 0.2) is 58.9 Å². The van der Waals surface area contributed by atoms with Gasteiger partial charge >= 0.3 is 0 Å². The van der Waals surface area contributed by atoms with Crippen LogP contribution in [-0.4, -0.2) is 38.8 Å². The van der Waals surface area contributed by atoms with Crippen molar-refractivity contribution in [1.82, 2.24) is 10.3 Å². The Morgan fingerprint density at radius 2 is 1.86 bits per heavy atom. The molecule has 0 saturated heterocycles. The molecule has 6 nitrogen and oxygen atoms in total. The lowest BCUT2D eigenvalue weighted by atomic mass is 10.2. The fourth-order valence-electron chi connectivity index (χ4n) is 2.67. The summed E-state index contributed by atoms with van der Waals surface area (Å²) in [6.45, 7) is 0.727. The first-order valence-corrected chi connectivity index (χ1v) is 9.81. The predicted molar refractivity (Wildman–Crippen MR) is 116 cm³/mol. The highest BCUT2D eigenvalue weighted by Gasteiger charge is 2.07. The molecule has 0 unspecified atom stereocenters. The van der Waals surface area contributed by atoms with Gasteiger partial charge in [-0.15, -0.1) is 11.3 Å². The number of benzene rings is 2. The summed E-state index contributed by atoms with van der Waals surface area (Å²) in [5.74, 6) is 2.04. The standard InChI is InChI=1S/C21H24N4O2S/c1-22-21(25-16-9-10-18(26-2)19(13-16)27-3)23-12-11-17-14-28-20(24-17)15-7-5-4-6-8-15/h4-10,13-14H,11-12H2,1-3H3,(H2,22,23,25). The monoisotopic (exact) mass is 396 g/mol. The van der Waals surface area contributed by atoms with Gasteiger partial charge in [-0.2, -0.15) is 0 Å². The molecule has 0 aliphatic heterocycles. The van der Waals surface area contributed by atoms with Gasteiger partial charge in [0.15, 0.2) is 17.5 Å². The lowest BCUT2D eigenvalue weighted by Gasteiger charge is -2.13. The molecule has 3 rings (SSSR count). The van der Waals surface area contributed by atoms with Gasteiger partial charge in [0.1, 0.15) is 5.01 Å². The number of thiazole rings is 1. The normalized spacial score (nSPS) is 11.2. The Bertz CT molecular complexity index is 925. The third-order valence-corrected chi connectivity index (χ3v) is 5.06. The fraction of sp³-hybridized carbons (Fsp3) is 0.238. The Kier molecular flexibility index (Phi) is 6.86. The molecule has 0 saturated carbocycles. The first-order valence-electron chi connectivity index (χ1n) is 8.93. The summed E-state index contributed by atoms with van der Waals surface area (Å²) in [6.07, 6.45) is 0.815. The lowest BCUT2D eigenvalue weighted by molar-refractivity contribution is 0.355. The average molecular weight is 397 g/mol. The number of aliphatic imine (C=N–C) groups is 1. The molecule has 0 bridgehead atoms. The fourth-order valence-corrected chi connectivity index (χ4v) is 3.53. The minimum atomic E-state index is 0.666. The highest BCUT2D eigenvalue weighted by molar-refractivity contribution is 7.13. The third kappa shape index (κ3) is 5.01. The molecular formula is C21H24N4O2S. The highest BCUT2D eigenvalue weighted by atomic mass is 32.1. The van der Waals surface area contributed by atoms with Crippen LogP contribution in [0, 0.1) is 0 Å². The number of ether oxygens (including phenoxy) is 2. The van der Waals surface area contributed by atoms with E-state index in [1.54, 1.807) is 32.6 Å². The van der Waals surface area contributed by atoms with Crippen LogP contribution in [0.1, 0.15) is 5.69 Å². The summed E-state index contributed by atoms with van der Waals surface area (Å²) in [5, 5.41) is 9.72. The summed E-state index contributed by atoms with van der Waals surface area (Å²) in [6, 6.07) is 15.9. The molecule has 7 heteroatoms. The van der Waals surface area contributed by atoms with E-state index in [4.69, 9.17) is 14.5 Å². The van der Waals surface area contributed by atoms with Gasteiger partial charge in [-0.05, 0) is 12.1 Å². The molecule has 0 amide bonds. The van der Waals surface area contributed by atoms with E-state index in [1.165, 1.54) is 0 Å². The first kappa shape index (κ1) is 19.7. The zero-order valence-electron chi connectivity index (χ0n) is 16.2. The number of methoxy groups -OCH3 is 2. The van der Waals surface area contributed by atoms with Crippen molar-refractivity contribution in [3.05, 3.63) is 59.6 Å². The van der Waals surface area contributed by atoms with E-state index in [-0.39, 0.29) is 0 Å². The summed E-state index contributed by atoms with van der Waals surface area (Å²) < 4.78 is 10.6. The van der Waals surface area contributed by atoms with Gasteiger partial charge in [0.25, 0.3) is 0 Å². The average Bonchev–Trinajstić information content (AvgIpc) is 3.22. The third-order valence-electron chi connectivity index (χ3n) is 4.12. The van der Waals surface area contributed by atoms with E-state index >= 15 is 0 Å². The molecular weight excluding hydrogens is 372 g/mol. The van der Waals surface area contributed by atoms with Crippen LogP contribution < -0.4 is 20.1 Å². The summed E-state index contributed by atoms with van der Waals surface area (Å²) in [4.78, 5) is 8.99. The van der Waals surface area contributed by atoms with E-state index in [9.17, 15) is 0 Å². The van der Waals surface area contributed by atoms with Crippen LogP contribution in [0.5, 0.6) is 11.5 Å². The lowest BCUT2D eigenvalue weighted by Crippen LogP contribution is -2.32. The predicted octanol–water partition coefficient (Wildman–Crippen LogP) is 4.06. The molecule has 28 heavy (non-hydrogen) atoms. The zero-order chi connectivity index (χ0) is 19.8. The smallest absolute Gasteiger partial charge is 0.195 e. The molecule has 0 fully saturated rings. The van der Waals surface area contributed by atoms with Crippen LogP contribution in [0.4, 0.5) is 5.69 Å². The SMILES string of the molecule is CN=C(NCCc1csc(-c2ccccc2)n1)Nc1ccc(OC)c(OC)c1. The van der Waals surface area contributed by atoms with Crippen LogP contribution in [0.3, 0.4) is 0 Å². The van der Waals surface area contributed by atoms with Gasteiger partial charge in [-0.1, -0.05) is 30.3 Å². The Balaban J connectivity index is 1.54. The Morgan fingerprint density at radius 1 is 1.07 bits per heavy atom. The van der Waals surface area contributed by atoms with Crippen molar-refractivity contribution in [1.29, 1.82) is 0 Å². The number of anilines is 1. The van der Waals surface area contributed by atoms with Crippen molar-refractivity contribution in [2.24, 2.45) is 4.99 Å². The van der Waals surface area contributed by atoms with E-state index < -0.39 is 0 Å². The van der Waals surface area contributed by atoms with Crippen LogP contribution >= 0.6 is 11.3 Å². The second-order valence-corrected chi connectivity index (χ2v) is 6.81. The van der Waals surface area contributed by atoms with E-state index in [2.05, 4.69) is 33.1 Å². The van der Waals surface area contributed by atoms with Crippen LogP contribution in [-0.2, 0) is 6.42 Å². The van der Waals surface area contributed by atoms with Crippen molar-refractivity contribution in [3.63, 3.8) is 0 Å². The van der Waals surface area contributed by atoms with Gasteiger partial charge < -0.3 is 20.1 Å². The first-order chi connectivity index (χ1) is 13.7. The Morgan fingerprint density at radius 3 is 2.57 bits per heavy atom. The maximum Gasteiger partial charge on any atom is 0.195 e. The maximum atomic E-state index is 5.34. The minimum absolute atomic E-state index is 0.666. The number of rotatable bonds is 7. The highest BCUT2D eigenvalue weighted by Crippen LogP contribution is 2.29. The molecule has 2 N–H and O–H groups in total. The number of hydrogen-bond acceptors (Lipinski definition) is 5. The quantitative estimate of drug-likeness (QED) is 0.466.